The number of fused-ring (bicyclic) bond motifs is 1. The number of hydrogen-bond acceptors (Lipinski definition) is 3. The van der Waals surface area contributed by atoms with Crippen molar-refractivity contribution in [1.82, 2.24) is 14.4 Å². The Bertz CT molecular complexity index is 693. The Labute approximate surface area is 119 Å². The number of hydrogen-bond donors (Lipinski definition) is 0. The van der Waals surface area contributed by atoms with Gasteiger partial charge in [-0.25, -0.2) is 9.97 Å². The van der Waals surface area contributed by atoms with Crippen LogP contribution in [0.1, 0.15) is 5.69 Å². The van der Waals surface area contributed by atoms with Gasteiger partial charge in [-0.15, -0.1) is 0 Å². The van der Waals surface area contributed by atoms with Crippen LogP contribution >= 0.6 is 15.9 Å². The molecule has 0 atom stereocenters. The van der Waals surface area contributed by atoms with Gasteiger partial charge in [0.15, 0.2) is 0 Å². The molecule has 0 saturated heterocycles. The van der Waals surface area contributed by atoms with Gasteiger partial charge in [-0.05, 0) is 34.1 Å². The fourth-order valence-corrected chi connectivity index (χ4v) is 2.49. The Morgan fingerprint density at radius 3 is 2.74 bits per heavy atom. The summed E-state index contributed by atoms with van der Waals surface area (Å²) in [5.74, 6) is 0.714. The van der Waals surface area contributed by atoms with Crippen molar-refractivity contribution < 1.29 is 0 Å². The van der Waals surface area contributed by atoms with E-state index in [2.05, 4.69) is 50.0 Å². The first-order chi connectivity index (χ1) is 9.25. The van der Waals surface area contributed by atoms with E-state index in [1.165, 1.54) is 5.69 Å². The summed E-state index contributed by atoms with van der Waals surface area (Å²) in [5, 5.41) is 0. The maximum absolute atomic E-state index is 4.54. The third-order valence-electron chi connectivity index (χ3n) is 3.00. The lowest BCUT2D eigenvalue weighted by atomic mass is 10.3. The number of imidazole rings is 1. The normalized spacial score (nSPS) is 10.8. The number of para-hydroxylation sites is 1. The van der Waals surface area contributed by atoms with E-state index in [0.717, 1.165) is 16.8 Å². The van der Waals surface area contributed by atoms with Crippen molar-refractivity contribution >= 4 is 27.4 Å². The zero-order chi connectivity index (χ0) is 13.2. The van der Waals surface area contributed by atoms with E-state index < -0.39 is 0 Å². The minimum Gasteiger partial charge on any atom is -0.369 e. The van der Waals surface area contributed by atoms with Gasteiger partial charge < -0.3 is 4.90 Å². The molecule has 0 bridgehead atoms. The largest absolute Gasteiger partial charge is 0.369 e. The number of anilines is 1. The average molecular weight is 317 g/mol. The van der Waals surface area contributed by atoms with Crippen LogP contribution in [0.2, 0.25) is 0 Å². The van der Waals surface area contributed by atoms with Gasteiger partial charge in [-0.3, -0.25) is 4.40 Å². The molecule has 1 aromatic carbocycles. The molecule has 0 radical (unpaired) electrons. The predicted molar refractivity (Wildman–Crippen MR) is 79.2 cm³/mol. The molecule has 96 valence electrons. The molecule has 0 aliphatic heterocycles. The monoisotopic (exact) mass is 316 g/mol. The number of nitrogens with zero attached hydrogens (tertiary/aromatic N) is 4. The van der Waals surface area contributed by atoms with Gasteiger partial charge >= 0.3 is 0 Å². The van der Waals surface area contributed by atoms with Crippen molar-refractivity contribution in [2.24, 2.45) is 0 Å². The Morgan fingerprint density at radius 2 is 2.00 bits per heavy atom. The summed E-state index contributed by atoms with van der Waals surface area (Å²) in [6, 6.07) is 12.1. The summed E-state index contributed by atoms with van der Waals surface area (Å²) in [5.41, 5.74) is 2.14. The molecule has 0 unspecified atom stereocenters. The first kappa shape index (κ1) is 12.2. The smallest absolute Gasteiger partial charge is 0.234 e. The standard InChI is InChI=1S/C14H13BrN4/c1-18(11-6-3-2-4-7-11)10-12-13(15)19-9-5-8-16-14(19)17-12/h2-9H,10H2,1H3. The summed E-state index contributed by atoms with van der Waals surface area (Å²) in [6.07, 6.45) is 3.70. The summed E-state index contributed by atoms with van der Waals surface area (Å²) in [6.45, 7) is 0.730. The van der Waals surface area contributed by atoms with Crippen LogP contribution in [-0.4, -0.2) is 21.4 Å². The molecule has 0 N–H and O–H groups in total. The maximum Gasteiger partial charge on any atom is 0.234 e. The summed E-state index contributed by atoms with van der Waals surface area (Å²) in [4.78, 5) is 10.9. The first-order valence-electron chi connectivity index (χ1n) is 5.99. The zero-order valence-electron chi connectivity index (χ0n) is 10.5. The van der Waals surface area contributed by atoms with E-state index in [4.69, 9.17) is 0 Å². The molecule has 3 aromatic rings. The summed E-state index contributed by atoms with van der Waals surface area (Å²) >= 11 is 3.59. The van der Waals surface area contributed by atoms with Crippen LogP contribution in [0.25, 0.3) is 5.78 Å². The van der Waals surface area contributed by atoms with Gasteiger partial charge in [0.2, 0.25) is 5.78 Å². The molecule has 0 spiro atoms. The fraction of sp³-hybridized carbons (Fsp3) is 0.143. The van der Waals surface area contributed by atoms with E-state index in [0.29, 0.717) is 5.78 Å². The lowest BCUT2D eigenvalue weighted by Crippen LogP contribution is -2.16. The highest BCUT2D eigenvalue weighted by Gasteiger charge is 2.12. The SMILES string of the molecule is CN(Cc1nc2ncccn2c1Br)c1ccccc1. The lowest BCUT2D eigenvalue weighted by molar-refractivity contribution is 0.889. The second-order valence-electron chi connectivity index (χ2n) is 4.33. The molecule has 2 aromatic heterocycles. The van der Waals surface area contributed by atoms with E-state index in [-0.39, 0.29) is 0 Å². The molecule has 0 aliphatic carbocycles. The van der Waals surface area contributed by atoms with Crippen molar-refractivity contribution in [3.8, 4) is 0 Å². The third kappa shape index (κ3) is 2.33. The Morgan fingerprint density at radius 1 is 1.21 bits per heavy atom. The van der Waals surface area contributed by atoms with Gasteiger partial charge in [0, 0.05) is 25.1 Å². The van der Waals surface area contributed by atoms with Crippen molar-refractivity contribution in [3.05, 3.63) is 59.1 Å². The highest BCUT2D eigenvalue weighted by atomic mass is 79.9. The van der Waals surface area contributed by atoms with Gasteiger partial charge in [0.25, 0.3) is 0 Å². The lowest BCUT2D eigenvalue weighted by Gasteiger charge is -2.17. The van der Waals surface area contributed by atoms with Crippen LogP contribution in [0.5, 0.6) is 0 Å². The van der Waals surface area contributed by atoms with Crippen LogP contribution in [0.3, 0.4) is 0 Å². The Kier molecular flexibility index (Phi) is 3.21. The van der Waals surface area contributed by atoms with Crippen molar-refractivity contribution in [2.45, 2.75) is 6.54 Å². The van der Waals surface area contributed by atoms with Gasteiger partial charge in [0.05, 0.1) is 12.2 Å². The third-order valence-corrected chi connectivity index (χ3v) is 3.83. The van der Waals surface area contributed by atoms with E-state index in [9.17, 15) is 0 Å². The van der Waals surface area contributed by atoms with Gasteiger partial charge in [0.1, 0.15) is 4.60 Å². The molecular formula is C14H13BrN4. The van der Waals surface area contributed by atoms with Gasteiger partial charge in [-0.1, -0.05) is 18.2 Å². The van der Waals surface area contributed by atoms with Crippen LogP contribution in [-0.2, 0) is 6.54 Å². The van der Waals surface area contributed by atoms with E-state index >= 15 is 0 Å². The molecular weight excluding hydrogens is 304 g/mol. The minimum absolute atomic E-state index is 0.714. The molecule has 2 heterocycles. The Hall–Kier alpha value is -1.88. The second kappa shape index (κ2) is 5.01. The summed E-state index contributed by atoms with van der Waals surface area (Å²) in [7, 11) is 2.05. The quantitative estimate of drug-likeness (QED) is 0.744. The highest BCUT2D eigenvalue weighted by Crippen LogP contribution is 2.21. The number of aromatic nitrogens is 3. The second-order valence-corrected chi connectivity index (χ2v) is 5.08. The molecule has 0 aliphatic rings. The van der Waals surface area contributed by atoms with E-state index in [1.807, 2.05) is 34.9 Å². The maximum atomic E-state index is 4.54. The summed E-state index contributed by atoms with van der Waals surface area (Å²) < 4.78 is 2.90. The van der Waals surface area contributed by atoms with Crippen LogP contribution < -0.4 is 4.90 Å². The van der Waals surface area contributed by atoms with Crippen LogP contribution in [0, 0.1) is 0 Å². The highest BCUT2D eigenvalue weighted by molar-refractivity contribution is 9.10. The average Bonchev–Trinajstić information content (AvgIpc) is 2.77. The van der Waals surface area contributed by atoms with Crippen LogP contribution in [0.4, 0.5) is 5.69 Å². The first-order valence-corrected chi connectivity index (χ1v) is 6.78. The number of halogens is 1. The van der Waals surface area contributed by atoms with Crippen molar-refractivity contribution in [2.75, 3.05) is 11.9 Å². The molecule has 0 fully saturated rings. The van der Waals surface area contributed by atoms with E-state index in [1.54, 1.807) is 6.20 Å². The fourth-order valence-electron chi connectivity index (χ4n) is 2.00. The number of benzene rings is 1. The Balaban J connectivity index is 1.91. The van der Waals surface area contributed by atoms with Gasteiger partial charge in [-0.2, -0.15) is 0 Å². The number of rotatable bonds is 3. The van der Waals surface area contributed by atoms with Crippen molar-refractivity contribution in [3.63, 3.8) is 0 Å². The van der Waals surface area contributed by atoms with Crippen LogP contribution in [0.15, 0.2) is 53.4 Å². The molecule has 0 amide bonds. The predicted octanol–water partition coefficient (Wildman–Crippen LogP) is 3.13. The minimum atomic E-state index is 0.714. The molecule has 0 saturated carbocycles. The zero-order valence-corrected chi connectivity index (χ0v) is 12.1. The molecule has 3 rings (SSSR count). The topological polar surface area (TPSA) is 33.4 Å². The van der Waals surface area contributed by atoms with Crippen molar-refractivity contribution in [1.29, 1.82) is 0 Å². The molecule has 5 heteroatoms. The molecule has 19 heavy (non-hydrogen) atoms. The molecule has 4 nitrogen and oxygen atoms in total.